The van der Waals surface area contributed by atoms with Gasteiger partial charge < -0.3 is 11.1 Å². The van der Waals surface area contributed by atoms with Crippen LogP contribution in [0.25, 0.3) is 0 Å². The highest BCUT2D eigenvalue weighted by Gasteiger charge is 2.16. The first-order valence-electron chi connectivity index (χ1n) is 5.75. The van der Waals surface area contributed by atoms with Crippen molar-refractivity contribution in [3.63, 3.8) is 0 Å². The number of benzene rings is 1. The van der Waals surface area contributed by atoms with E-state index in [1.165, 1.54) is 18.3 Å². The Kier molecular flexibility index (Phi) is 3.60. The first-order chi connectivity index (χ1) is 9.49. The number of amides is 1. The van der Waals surface area contributed by atoms with Gasteiger partial charge in [0.2, 0.25) is 0 Å². The van der Waals surface area contributed by atoms with Gasteiger partial charge in [0.25, 0.3) is 11.6 Å². The van der Waals surface area contributed by atoms with Gasteiger partial charge in [-0.1, -0.05) is 0 Å². The van der Waals surface area contributed by atoms with Gasteiger partial charge in [-0.3, -0.25) is 19.9 Å². The Hall–Kier alpha value is -2.96. The Morgan fingerprint density at radius 2 is 2.15 bits per heavy atom. The summed E-state index contributed by atoms with van der Waals surface area (Å²) in [4.78, 5) is 26.2. The van der Waals surface area contributed by atoms with Crippen molar-refractivity contribution in [2.75, 3.05) is 11.1 Å². The zero-order chi connectivity index (χ0) is 14.7. The van der Waals surface area contributed by atoms with E-state index in [0.717, 1.165) is 11.6 Å². The maximum absolute atomic E-state index is 12.1. The average molecular weight is 272 g/mol. The number of hydrogen-bond acceptors (Lipinski definition) is 5. The van der Waals surface area contributed by atoms with Crippen molar-refractivity contribution in [1.82, 2.24) is 4.98 Å². The lowest BCUT2D eigenvalue weighted by atomic mass is 10.1. The van der Waals surface area contributed by atoms with E-state index >= 15 is 0 Å². The number of aromatic nitrogens is 1. The van der Waals surface area contributed by atoms with Gasteiger partial charge in [0.1, 0.15) is 0 Å². The molecule has 0 aliphatic rings. The van der Waals surface area contributed by atoms with Crippen molar-refractivity contribution < 1.29 is 9.72 Å². The number of hydrogen-bond donors (Lipinski definition) is 2. The Bertz CT molecular complexity index is 685. The van der Waals surface area contributed by atoms with Gasteiger partial charge in [-0.05, 0) is 24.6 Å². The van der Waals surface area contributed by atoms with Crippen molar-refractivity contribution in [2.45, 2.75) is 6.92 Å². The molecule has 0 aliphatic heterocycles. The van der Waals surface area contributed by atoms with E-state index in [1.807, 2.05) is 6.92 Å². The smallest absolute Gasteiger partial charge is 0.270 e. The number of nitrogens with two attached hydrogens (primary N) is 1. The minimum Gasteiger partial charge on any atom is -0.398 e. The molecule has 0 fully saturated rings. The standard InChI is InChI=1S/C13H12N4O3/c1-8-4-5-15-7-12(8)16-13(18)10-6-9(17(19)20)2-3-11(10)14/h2-7H,14H2,1H3,(H,16,18). The number of non-ortho nitro benzene ring substituents is 1. The molecule has 0 saturated carbocycles. The van der Waals surface area contributed by atoms with Crippen LogP contribution in [0.5, 0.6) is 0 Å². The highest BCUT2D eigenvalue weighted by Crippen LogP contribution is 2.21. The van der Waals surface area contributed by atoms with Crippen LogP contribution in [0.2, 0.25) is 0 Å². The van der Waals surface area contributed by atoms with Crippen LogP contribution in [0.3, 0.4) is 0 Å². The Balaban J connectivity index is 2.32. The molecule has 1 aromatic carbocycles. The fourth-order valence-corrected chi connectivity index (χ4v) is 1.64. The number of pyridine rings is 1. The number of carbonyl (C=O) groups excluding carboxylic acids is 1. The zero-order valence-corrected chi connectivity index (χ0v) is 10.7. The van der Waals surface area contributed by atoms with E-state index in [0.29, 0.717) is 5.69 Å². The van der Waals surface area contributed by atoms with Crippen LogP contribution in [-0.4, -0.2) is 15.8 Å². The van der Waals surface area contributed by atoms with E-state index in [2.05, 4.69) is 10.3 Å². The minimum atomic E-state index is -0.578. The van der Waals surface area contributed by atoms with Crippen molar-refractivity contribution in [3.05, 3.63) is 57.9 Å². The molecule has 1 aromatic heterocycles. The number of carbonyl (C=O) groups is 1. The van der Waals surface area contributed by atoms with Crippen LogP contribution < -0.4 is 11.1 Å². The molecule has 0 radical (unpaired) electrons. The Morgan fingerprint density at radius 1 is 1.40 bits per heavy atom. The molecule has 1 amide bonds. The van der Waals surface area contributed by atoms with Crippen LogP contribution >= 0.6 is 0 Å². The molecule has 102 valence electrons. The van der Waals surface area contributed by atoms with E-state index in [4.69, 9.17) is 5.73 Å². The molecule has 20 heavy (non-hydrogen) atoms. The zero-order valence-electron chi connectivity index (χ0n) is 10.7. The van der Waals surface area contributed by atoms with Gasteiger partial charge in [0, 0.05) is 24.0 Å². The van der Waals surface area contributed by atoms with Crippen molar-refractivity contribution in [1.29, 1.82) is 0 Å². The summed E-state index contributed by atoms with van der Waals surface area (Å²) in [6.45, 7) is 1.81. The van der Waals surface area contributed by atoms with Crippen LogP contribution in [0, 0.1) is 17.0 Å². The molecule has 3 N–H and O–H groups in total. The fourth-order valence-electron chi connectivity index (χ4n) is 1.64. The van der Waals surface area contributed by atoms with E-state index < -0.39 is 10.8 Å². The second-order valence-electron chi connectivity index (χ2n) is 4.17. The maximum atomic E-state index is 12.1. The first-order valence-corrected chi connectivity index (χ1v) is 5.75. The van der Waals surface area contributed by atoms with Gasteiger partial charge >= 0.3 is 0 Å². The van der Waals surface area contributed by atoms with Gasteiger partial charge in [-0.15, -0.1) is 0 Å². The number of nitrogen functional groups attached to an aromatic ring is 1. The Morgan fingerprint density at radius 3 is 2.80 bits per heavy atom. The minimum absolute atomic E-state index is 0.0578. The molecule has 2 aromatic rings. The number of nitro benzene ring substituents is 1. The lowest BCUT2D eigenvalue weighted by Crippen LogP contribution is -2.15. The van der Waals surface area contributed by atoms with Crippen LogP contribution in [0.4, 0.5) is 17.1 Å². The maximum Gasteiger partial charge on any atom is 0.270 e. The second-order valence-corrected chi connectivity index (χ2v) is 4.17. The molecule has 0 atom stereocenters. The summed E-state index contributed by atoms with van der Waals surface area (Å²) < 4.78 is 0. The molecular weight excluding hydrogens is 260 g/mol. The lowest BCUT2D eigenvalue weighted by Gasteiger charge is -2.09. The molecular formula is C13H12N4O3. The topological polar surface area (TPSA) is 111 Å². The van der Waals surface area contributed by atoms with Gasteiger partial charge in [-0.2, -0.15) is 0 Å². The van der Waals surface area contributed by atoms with Gasteiger partial charge in [0.15, 0.2) is 0 Å². The van der Waals surface area contributed by atoms with Crippen molar-refractivity contribution in [2.24, 2.45) is 0 Å². The summed E-state index contributed by atoms with van der Waals surface area (Å²) in [5, 5.41) is 13.4. The SMILES string of the molecule is Cc1ccncc1NC(=O)c1cc([N+](=O)[O-])ccc1N. The molecule has 7 heteroatoms. The van der Waals surface area contributed by atoms with Crippen LogP contribution in [0.15, 0.2) is 36.7 Å². The number of aryl methyl sites for hydroxylation is 1. The third-order valence-electron chi connectivity index (χ3n) is 2.78. The summed E-state index contributed by atoms with van der Waals surface area (Å²) in [7, 11) is 0. The third kappa shape index (κ3) is 2.72. The summed E-state index contributed by atoms with van der Waals surface area (Å²) in [5.74, 6) is -0.512. The molecule has 0 spiro atoms. The lowest BCUT2D eigenvalue weighted by molar-refractivity contribution is -0.384. The second kappa shape index (κ2) is 5.35. The van der Waals surface area contributed by atoms with E-state index in [1.54, 1.807) is 12.3 Å². The molecule has 7 nitrogen and oxygen atoms in total. The van der Waals surface area contributed by atoms with Crippen molar-refractivity contribution in [3.8, 4) is 0 Å². The largest absolute Gasteiger partial charge is 0.398 e. The predicted octanol–water partition coefficient (Wildman–Crippen LogP) is 2.13. The number of nitro groups is 1. The van der Waals surface area contributed by atoms with E-state index in [9.17, 15) is 14.9 Å². The Labute approximate surface area is 114 Å². The van der Waals surface area contributed by atoms with E-state index in [-0.39, 0.29) is 16.9 Å². The number of nitrogens with zero attached hydrogens (tertiary/aromatic N) is 2. The summed E-state index contributed by atoms with van der Waals surface area (Å²) >= 11 is 0. The molecule has 0 unspecified atom stereocenters. The highest BCUT2D eigenvalue weighted by atomic mass is 16.6. The fraction of sp³-hybridized carbons (Fsp3) is 0.0769. The first kappa shape index (κ1) is 13.5. The van der Waals surface area contributed by atoms with Crippen LogP contribution in [-0.2, 0) is 0 Å². The average Bonchev–Trinajstić information content (AvgIpc) is 2.41. The predicted molar refractivity (Wildman–Crippen MR) is 74.4 cm³/mol. The molecule has 0 bridgehead atoms. The van der Waals surface area contributed by atoms with Gasteiger partial charge in [-0.25, -0.2) is 0 Å². The summed E-state index contributed by atoms with van der Waals surface area (Å²) in [6.07, 6.45) is 3.10. The number of anilines is 2. The van der Waals surface area contributed by atoms with Crippen LogP contribution in [0.1, 0.15) is 15.9 Å². The number of rotatable bonds is 3. The number of nitrogens with one attached hydrogen (secondary N) is 1. The summed E-state index contributed by atoms with van der Waals surface area (Å²) in [5.41, 5.74) is 7.09. The summed E-state index contributed by atoms with van der Waals surface area (Å²) in [6, 6.07) is 5.48. The monoisotopic (exact) mass is 272 g/mol. The molecule has 0 saturated heterocycles. The van der Waals surface area contributed by atoms with Crippen molar-refractivity contribution >= 4 is 23.0 Å². The molecule has 0 aliphatic carbocycles. The van der Waals surface area contributed by atoms with Gasteiger partial charge in [0.05, 0.1) is 22.4 Å². The molecule has 2 rings (SSSR count). The normalized spacial score (nSPS) is 10.1. The highest BCUT2D eigenvalue weighted by molar-refractivity contribution is 6.08. The molecule has 1 heterocycles. The quantitative estimate of drug-likeness (QED) is 0.505. The third-order valence-corrected chi connectivity index (χ3v) is 2.78.